The summed E-state index contributed by atoms with van der Waals surface area (Å²) in [6, 6.07) is 0. The molecule has 4 N–H and O–H groups in total. The highest BCUT2D eigenvalue weighted by Gasteiger charge is 2.34. The van der Waals surface area contributed by atoms with Crippen LogP contribution >= 0.6 is 23.2 Å². The average Bonchev–Trinajstić information content (AvgIpc) is 2.66. The number of halogens is 2. The Morgan fingerprint density at radius 2 is 2.12 bits per heavy atom. The number of hydrogen-bond donors (Lipinski definition) is 3. The SMILES string of the molecule is CN(C)C1=CC(N)(c2nc(Cl)ncc2Cl)NN1. The van der Waals surface area contributed by atoms with Crippen molar-refractivity contribution < 1.29 is 0 Å². The molecule has 92 valence electrons. The Morgan fingerprint density at radius 3 is 2.71 bits per heavy atom. The minimum absolute atomic E-state index is 0.0997. The van der Waals surface area contributed by atoms with Gasteiger partial charge in [-0.25, -0.2) is 15.4 Å². The maximum absolute atomic E-state index is 6.17. The van der Waals surface area contributed by atoms with Gasteiger partial charge in [-0.3, -0.25) is 0 Å². The van der Waals surface area contributed by atoms with E-state index in [0.29, 0.717) is 10.7 Å². The summed E-state index contributed by atoms with van der Waals surface area (Å²) in [5, 5.41) is 0.449. The van der Waals surface area contributed by atoms with E-state index in [9.17, 15) is 0 Å². The third-order valence-corrected chi connectivity index (χ3v) is 2.81. The van der Waals surface area contributed by atoms with Gasteiger partial charge in [-0.2, -0.15) is 0 Å². The Labute approximate surface area is 109 Å². The molecule has 1 aliphatic heterocycles. The summed E-state index contributed by atoms with van der Waals surface area (Å²) in [7, 11) is 3.78. The minimum atomic E-state index is -1.01. The lowest BCUT2D eigenvalue weighted by Gasteiger charge is -2.21. The summed E-state index contributed by atoms with van der Waals surface area (Å²) < 4.78 is 0. The van der Waals surface area contributed by atoms with E-state index in [1.165, 1.54) is 6.20 Å². The summed E-state index contributed by atoms with van der Waals surface area (Å²) in [5.41, 5.74) is 11.4. The van der Waals surface area contributed by atoms with Crippen LogP contribution in [0, 0.1) is 0 Å². The number of rotatable bonds is 2. The second-order valence-electron chi connectivity index (χ2n) is 3.88. The Kier molecular flexibility index (Phi) is 3.13. The second kappa shape index (κ2) is 4.30. The van der Waals surface area contributed by atoms with Crippen LogP contribution in [0.25, 0.3) is 0 Å². The van der Waals surface area contributed by atoms with Crippen molar-refractivity contribution in [3.63, 3.8) is 0 Å². The van der Waals surface area contributed by atoms with E-state index in [4.69, 9.17) is 28.9 Å². The van der Waals surface area contributed by atoms with Gasteiger partial charge >= 0.3 is 0 Å². The number of hydrazine groups is 1. The van der Waals surface area contributed by atoms with Gasteiger partial charge in [0, 0.05) is 14.1 Å². The molecule has 0 saturated heterocycles. The quantitative estimate of drug-likeness (QED) is 0.678. The van der Waals surface area contributed by atoms with E-state index >= 15 is 0 Å². The lowest BCUT2D eigenvalue weighted by Crippen LogP contribution is -2.50. The third kappa shape index (κ3) is 2.30. The summed E-state index contributed by atoms with van der Waals surface area (Å²) in [6.45, 7) is 0. The van der Waals surface area contributed by atoms with Gasteiger partial charge in [0.1, 0.15) is 11.5 Å². The number of nitrogens with one attached hydrogen (secondary N) is 2. The van der Waals surface area contributed by atoms with E-state index in [2.05, 4.69) is 20.8 Å². The fourth-order valence-electron chi connectivity index (χ4n) is 1.46. The largest absolute Gasteiger partial charge is 0.364 e. The molecule has 0 saturated carbocycles. The lowest BCUT2D eigenvalue weighted by molar-refractivity contribution is 0.389. The van der Waals surface area contributed by atoms with Gasteiger partial charge in [-0.1, -0.05) is 11.6 Å². The lowest BCUT2D eigenvalue weighted by atomic mass is 10.1. The van der Waals surface area contributed by atoms with Crippen molar-refractivity contribution in [2.75, 3.05) is 14.1 Å². The van der Waals surface area contributed by atoms with Crippen molar-refractivity contribution in [2.45, 2.75) is 5.66 Å². The van der Waals surface area contributed by atoms with Crippen LogP contribution in [-0.4, -0.2) is 29.0 Å². The topological polar surface area (TPSA) is 79.1 Å². The standard InChI is InChI=1S/C9H12Cl2N6/c1-17(2)6-3-9(12,16-15-6)7-5(10)4-13-8(11)14-7/h3-4,15-16H,12H2,1-2H3. The molecule has 0 aromatic carbocycles. The van der Waals surface area contributed by atoms with Crippen molar-refractivity contribution in [1.82, 2.24) is 25.7 Å². The van der Waals surface area contributed by atoms with E-state index in [1.807, 2.05) is 19.0 Å². The van der Waals surface area contributed by atoms with Crippen molar-refractivity contribution in [1.29, 1.82) is 0 Å². The molecule has 8 heteroatoms. The Morgan fingerprint density at radius 1 is 1.41 bits per heavy atom. The van der Waals surface area contributed by atoms with Crippen molar-refractivity contribution in [2.24, 2.45) is 5.73 Å². The molecule has 2 rings (SSSR count). The predicted octanol–water partition coefficient (Wildman–Crippen LogP) is 0.406. The first-order valence-corrected chi connectivity index (χ1v) is 5.59. The fourth-order valence-corrected chi connectivity index (χ4v) is 1.84. The highest BCUT2D eigenvalue weighted by atomic mass is 35.5. The molecule has 2 heterocycles. The van der Waals surface area contributed by atoms with Gasteiger partial charge in [0.2, 0.25) is 5.28 Å². The monoisotopic (exact) mass is 274 g/mol. The Bertz CT molecular complexity index is 475. The maximum Gasteiger partial charge on any atom is 0.222 e. The number of aromatic nitrogens is 2. The molecule has 1 atom stereocenters. The second-order valence-corrected chi connectivity index (χ2v) is 4.62. The summed E-state index contributed by atoms with van der Waals surface area (Å²) >= 11 is 11.8. The Balaban J connectivity index is 2.43. The molecule has 1 aromatic heterocycles. The molecule has 17 heavy (non-hydrogen) atoms. The zero-order valence-electron chi connectivity index (χ0n) is 9.33. The molecule has 0 spiro atoms. The van der Waals surface area contributed by atoms with Crippen LogP contribution in [0.4, 0.5) is 0 Å². The van der Waals surface area contributed by atoms with Crippen LogP contribution < -0.4 is 16.6 Å². The van der Waals surface area contributed by atoms with Gasteiger partial charge < -0.3 is 16.1 Å². The number of hydrogen-bond acceptors (Lipinski definition) is 6. The molecule has 1 unspecified atom stereocenters. The summed E-state index contributed by atoms with van der Waals surface area (Å²) in [5.74, 6) is 0.818. The zero-order chi connectivity index (χ0) is 12.6. The van der Waals surface area contributed by atoms with Crippen LogP contribution in [-0.2, 0) is 5.66 Å². The van der Waals surface area contributed by atoms with Crippen molar-refractivity contribution in [3.8, 4) is 0 Å². The molecule has 1 aliphatic rings. The molecule has 0 aliphatic carbocycles. The van der Waals surface area contributed by atoms with Crippen LogP contribution in [0.2, 0.25) is 10.3 Å². The van der Waals surface area contributed by atoms with Crippen molar-refractivity contribution in [3.05, 3.63) is 34.1 Å². The highest BCUT2D eigenvalue weighted by molar-refractivity contribution is 6.32. The predicted molar refractivity (Wildman–Crippen MR) is 66.0 cm³/mol. The molecule has 0 radical (unpaired) electrons. The van der Waals surface area contributed by atoms with Crippen LogP contribution in [0.3, 0.4) is 0 Å². The maximum atomic E-state index is 6.17. The van der Waals surface area contributed by atoms with Gasteiger partial charge in [-0.05, 0) is 17.7 Å². The normalized spacial score (nSPS) is 23.2. The molecule has 0 fully saturated rings. The van der Waals surface area contributed by atoms with Gasteiger partial charge in [-0.15, -0.1) is 0 Å². The van der Waals surface area contributed by atoms with Gasteiger partial charge in [0.15, 0.2) is 5.66 Å². The molecular formula is C9H12Cl2N6. The van der Waals surface area contributed by atoms with Gasteiger partial charge in [0.25, 0.3) is 0 Å². The van der Waals surface area contributed by atoms with E-state index in [0.717, 1.165) is 5.82 Å². The average molecular weight is 275 g/mol. The first-order chi connectivity index (χ1) is 7.92. The van der Waals surface area contributed by atoms with E-state index in [1.54, 1.807) is 6.08 Å². The van der Waals surface area contributed by atoms with Gasteiger partial charge in [0.05, 0.1) is 11.2 Å². The molecular weight excluding hydrogens is 263 g/mol. The van der Waals surface area contributed by atoms with Crippen LogP contribution in [0.1, 0.15) is 5.69 Å². The van der Waals surface area contributed by atoms with Crippen LogP contribution in [0.5, 0.6) is 0 Å². The van der Waals surface area contributed by atoms with Crippen molar-refractivity contribution >= 4 is 23.2 Å². The first kappa shape index (κ1) is 12.4. The number of nitrogens with zero attached hydrogens (tertiary/aromatic N) is 3. The minimum Gasteiger partial charge on any atom is -0.364 e. The molecule has 6 nitrogen and oxygen atoms in total. The smallest absolute Gasteiger partial charge is 0.222 e. The molecule has 1 aromatic rings. The summed E-state index contributed by atoms with van der Waals surface area (Å²) in [6.07, 6.45) is 3.20. The summed E-state index contributed by atoms with van der Waals surface area (Å²) in [4.78, 5) is 9.71. The highest BCUT2D eigenvalue weighted by Crippen LogP contribution is 2.27. The third-order valence-electron chi connectivity index (χ3n) is 2.35. The molecule has 0 bridgehead atoms. The van der Waals surface area contributed by atoms with Crippen LogP contribution in [0.15, 0.2) is 18.1 Å². The first-order valence-electron chi connectivity index (χ1n) is 4.83. The van der Waals surface area contributed by atoms with E-state index < -0.39 is 5.66 Å². The Hall–Kier alpha value is -1.08. The molecule has 0 amide bonds. The number of nitrogens with two attached hydrogens (primary N) is 1. The fraction of sp³-hybridized carbons (Fsp3) is 0.333. The van der Waals surface area contributed by atoms with E-state index in [-0.39, 0.29) is 5.28 Å². The zero-order valence-corrected chi connectivity index (χ0v) is 10.8.